The molecular formula is C18H14N2O3S2. The van der Waals surface area contributed by atoms with Gasteiger partial charge in [0.2, 0.25) is 0 Å². The van der Waals surface area contributed by atoms with Crippen LogP contribution >= 0.6 is 24.0 Å². The lowest BCUT2D eigenvalue weighted by molar-refractivity contribution is -0.115. The molecule has 0 radical (unpaired) electrons. The molecule has 0 aliphatic carbocycles. The molecule has 7 heteroatoms. The first-order valence-electron chi connectivity index (χ1n) is 7.35. The smallest absolute Gasteiger partial charge is 0.263 e. The van der Waals surface area contributed by atoms with Crippen LogP contribution in [-0.4, -0.2) is 23.2 Å². The Hall–Kier alpha value is -2.64. The molecule has 0 bridgehead atoms. The van der Waals surface area contributed by atoms with Gasteiger partial charge in [-0.2, -0.15) is 0 Å². The molecule has 126 valence electrons. The second-order valence-corrected chi connectivity index (χ2v) is 6.88. The highest BCUT2D eigenvalue weighted by atomic mass is 32.2. The van der Waals surface area contributed by atoms with Gasteiger partial charge >= 0.3 is 0 Å². The lowest BCUT2D eigenvalue weighted by Gasteiger charge is -2.07. The number of hydrogen-bond acceptors (Lipinski definition) is 5. The zero-order valence-electron chi connectivity index (χ0n) is 13.2. The summed E-state index contributed by atoms with van der Waals surface area (Å²) in [5.74, 6) is 0.264. The fourth-order valence-corrected chi connectivity index (χ4v) is 3.27. The van der Waals surface area contributed by atoms with Gasteiger partial charge in [0.15, 0.2) is 0 Å². The van der Waals surface area contributed by atoms with Crippen LogP contribution in [0.2, 0.25) is 0 Å². The number of amides is 2. The quantitative estimate of drug-likeness (QED) is 0.637. The maximum Gasteiger partial charge on any atom is 0.263 e. The Morgan fingerprint density at radius 1 is 1.24 bits per heavy atom. The van der Waals surface area contributed by atoms with E-state index in [1.807, 2.05) is 12.1 Å². The standard InChI is InChI=1S/C18H14N2O3S2/c1-23-14-7-5-12(6-8-14)16(21)19-13-4-2-3-11(9-13)10-15-17(22)20-18(24)25-15/h2-10H,1H3,(H,19,21)(H,20,22,24)/b15-10+. The molecule has 2 amide bonds. The maximum atomic E-state index is 12.3. The summed E-state index contributed by atoms with van der Waals surface area (Å²) in [5, 5.41) is 5.41. The van der Waals surface area contributed by atoms with Gasteiger partial charge in [0.25, 0.3) is 11.8 Å². The van der Waals surface area contributed by atoms with Crippen LogP contribution in [0.15, 0.2) is 53.4 Å². The van der Waals surface area contributed by atoms with Crippen LogP contribution in [-0.2, 0) is 4.79 Å². The van der Waals surface area contributed by atoms with E-state index in [1.165, 1.54) is 11.8 Å². The van der Waals surface area contributed by atoms with Gasteiger partial charge < -0.3 is 15.4 Å². The van der Waals surface area contributed by atoms with Crippen LogP contribution in [0.25, 0.3) is 6.08 Å². The number of thioether (sulfide) groups is 1. The number of rotatable bonds is 4. The second kappa shape index (κ2) is 7.50. The topological polar surface area (TPSA) is 67.4 Å². The first-order valence-corrected chi connectivity index (χ1v) is 8.58. The Balaban J connectivity index is 1.75. The minimum atomic E-state index is -0.221. The minimum Gasteiger partial charge on any atom is -0.497 e. The van der Waals surface area contributed by atoms with Crippen molar-refractivity contribution < 1.29 is 14.3 Å². The molecule has 0 atom stereocenters. The zero-order chi connectivity index (χ0) is 17.8. The highest BCUT2D eigenvalue weighted by molar-refractivity contribution is 8.26. The van der Waals surface area contributed by atoms with Crippen molar-refractivity contribution in [2.45, 2.75) is 0 Å². The number of anilines is 1. The first-order chi connectivity index (χ1) is 12.0. The number of carbonyl (C=O) groups is 2. The lowest BCUT2D eigenvalue weighted by Crippen LogP contribution is -2.17. The van der Waals surface area contributed by atoms with E-state index < -0.39 is 0 Å². The summed E-state index contributed by atoms with van der Waals surface area (Å²) in [7, 11) is 1.57. The van der Waals surface area contributed by atoms with Crippen molar-refractivity contribution in [3.8, 4) is 5.75 Å². The van der Waals surface area contributed by atoms with E-state index in [9.17, 15) is 9.59 Å². The van der Waals surface area contributed by atoms with Crippen LogP contribution in [0.4, 0.5) is 5.69 Å². The van der Waals surface area contributed by atoms with Crippen molar-refractivity contribution in [1.82, 2.24) is 5.32 Å². The van der Waals surface area contributed by atoms with Crippen LogP contribution < -0.4 is 15.4 Å². The van der Waals surface area contributed by atoms with Gasteiger partial charge in [-0.3, -0.25) is 9.59 Å². The molecule has 0 saturated carbocycles. The minimum absolute atomic E-state index is 0.206. The molecule has 2 aromatic carbocycles. The van der Waals surface area contributed by atoms with E-state index in [4.69, 9.17) is 17.0 Å². The molecule has 25 heavy (non-hydrogen) atoms. The van der Waals surface area contributed by atoms with Crippen LogP contribution in [0.5, 0.6) is 5.75 Å². The predicted octanol–water partition coefficient (Wildman–Crippen LogP) is 3.44. The lowest BCUT2D eigenvalue weighted by atomic mass is 10.1. The number of benzene rings is 2. The van der Waals surface area contributed by atoms with E-state index in [1.54, 1.807) is 49.6 Å². The molecule has 1 aliphatic rings. The number of ether oxygens (including phenoxy) is 1. The summed E-state index contributed by atoms with van der Waals surface area (Å²) < 4.78 is 5.53. The molecule has 1 heterocycles. The van der Waals surface area contributed by atoms with Crippen molar-refractivity contribution in [3.05, 3.63) is 64.6 Å². The summed E-state index contributed by atoms with van der Waals surface area (Å²) in [4.78, 5) is 24.6. The Kier molecular flexibility index (Phi) is 5.16. The number of carbonyl (C=O) groups excluding carboxylic acids is 2. The molecule has 1 fully saturated rings. The van der Waals surface area contributed by atoms with E-state index in [2.05, 4.69) is 10.6 Å². The first kappa shape index (κ1) is 17.2. The van der Waals surface area contributed by atoms with E-state index in [-0.39, 0.29) is 11.8 Å². The summed E-state index contributed by atoms with van der Waals surface area (Å²) in [6.45, 7) is 0. The predicted molar refractivity (Wildman–Crippen MR) is 104 cm³/mol. The van der Waals surface area contributed by atoms with Crippen molar-refractivity contribution in [2.24, 2.45) is 0 Å². The van der Waals surface area contributed by atoms with Gasteiger partial charge in [-0.1, -0.05) is 36.1 Å². The third-order valence-electron chi connectivity index (χ3n) is 3.44. The summed E-state index contributed by atoms with van der Waals surface area (Å²) in [6, 6.07) is 14.1. The number of methoxy groups -OCH3 is 1. The molecule has 1 aliphatic heterocycles. The third-order valence-corrected chi connectivity index (χ3v) is 4.60. The monoisotopic (exact) mass is 370 g/mol. The van der Waals surface area contributed by atoms with E-state index >= 15 is 0 Å². The maximum absolute atomic E-state index is 12.3. The van der Waals surface area contributed by atoms with Crippen LogP contribution in [0.3, 0.4) is 0 Å². The SMILES string of the molecule is COc1ccc(C(=O)Nc2cccc(/C=C3/SC(=S)NC3=O)c2)cc1. The van der Waals surface area contributed by atoms with Crippen molar-refractivity contribution in [3.63, 3.8) is 0 Å². The Morgan fingerprint density at radius 3 is 2.64 bits per heavy atom. The van der Waals surface area contributed by atoms with Crippen molar-refractivity contribution in [1.29, 1.82) is 0 Å². The molecular weight excluding hydrogens is 356 g/mol. The van der Waals surface area contributed by atoms with Crippen molar-refractivity contribution >= 4 is 51.9 Å². The molecule has 2 N–H and O–H groups in total. The van der Waals surface area contributed by atoms with Gasteiger partial charge in [0.1, 0.15) is 10.1 Å². The number of thiocarbonyl (C=S) groups is 1. The van der Waals surface area contributed by atoms with Gasteiger partial charge in [-0.25, -0.2) is 0 Å². The molecule has 0 aromatic heterocycles. The van der Waals surface area contributed by atoms with Gasteiger partial charge in [0.05, 0.1) is 12.0 Å². The van der Waals surface area contributed by atoms with Gasteiger partial charge in [0, 0.05) is 11.3 Å². The fourth-order valence-electron chi connectivity index (χ4n) is 2.22. The molecule has 5 nitrogen and oxygen atoms in total. The van der Waals surface area contributed by atoms with Gasteiger partial charge in [-0.05, 0) is 48.0 Å². The fraction of sp³-hybridized carbons (Fsp3) is 0.0556. The Labute approximate surface area is 154 Å². The zero-order valence-corrected chi connectivity index (χ0v) is 14.9. The molecule has 1 saturated heterocycles. The van der Waals surface area contributed by atoms with E-state index in [0.29, 0.717) is 26.2 Å². The number of hydrogen-bond donors (Lipinski definition) is 2. The second-order valence-electron chi connectivity index (χ2n) is 5.16. The summed E-state index contributed by atoms with van der Waals surface area (Å²) in [6.07, 6.45) is 1.74. The highest BCUT2D eigenvalue weighted by Gasteiger charge is 2.21. The summed E-state index contributed by atoms with van der Waals surface area (Å²) >= 11 is 6.19. The largest absolute Gasteiger partial charge is 0.497 e. The van der Waals surface area contributed by atoms with Crippen molar-refractivity contribution in [2.75, 3.05) is 12.4 Å². The van der Waals surface area contributed by atoms with Crippen LogP contribution in [0.1, 0.15) is 15.9 Å². The highest BCUT2D eigenvalue weighted by Crippen LogP contribution is 2.26. The number of nitrogens with one attached hydrogen (secondary N) is 2. The van der Waals surface area contributed by atoms with Crippen LogP contribution in [0, 0.1) is 0 Å². The van der Waals surface area contributed by atoms with E-state index in [0.717, 1.165) is 5.56 Å². The molecule has 3 rings (SSSR count). The Bertz CT molecular complexity index is 876. The third kappa shape index (κ3) is 4.26. The summed E-state index contributed by atoms with van der Waals surface area (Å²) in [5.41, 5.74) is 1.97. The average molecular weight is 370 g/mol. The average Bonchev–Trinajstić information content (AvgIpc) is 2.92. The van der Waals surface area contributed by atoms with Gasteiger partial charge in [-0.15, -0.1) is 0 Å². The normalized spacial score (nSPS) is 15.2. The Morgan fingerprint density at radius 2 is 2.00 bits per heavy atom. The molecule has 2 aromatic rings. The molecule has 0 unspecified atom stereocenters. The molecule has 0 spiro atoms.